The zero-order valence-corrected chi connectivity index (χ0v) is 10.9. The van der Waals surface area contributed by atoms with E-state index in [1.54, 1.807) is 20.0 Å². The van der Waals surface area contributed by atoms with Crippen LogP contribution in [0.5, 0.6) is 0 Å². The Morgan fingerprint density at radius 2 is 1.95 bits per heavy atom. The van der Waals surface area contributed by atoms with Crippen LogP contribution in [0.2, 0.25) is 5.02 Å². The van der Waals surface area contributed by atoms with E-state index < -0.39 is 17.5 Å². The Bertz CT molecular complexity index is 655. The number of hydrogen-bond acceptors (Lipinski definition) is 2. The van der Waals surface area contributed by atoms with Crippen LogP contribution < -0.4 is 5.32 Å². The van der Waals surface area contributed by atoms with Crippen LogP contribution in [0.4, 0.5) is 14.6 Å². The van der Waals surface area contributed by atoms with Gasteiger partial charge < -0.3 is 5.32 Å². The van der Waals surface area contributed by atoms with Gasteiger partial charge in [0.15, 0.2) is 11.6 Å². The van der Waals surface area contributed by atoms with E-state index in [1.165, 1.54) is 4.68 Å². The summed E-state index contributed by atoms with van der Waals surface area (Å²) in [6, 6.07) is 3.17. The van der Waals surface area contributed by atoms with Crippen LogP contribution in [0.15, 0.2) is 18.2 Å². The van der Waals surface area contributed by atoms with Gasteiger partial charge in [-0.25, -0.2) is 8.78 Å². The summed E-state index contributed by atoms with van der Waals surface area (Å²) >= 11 is 5.72. The Kier molecular flexibility index (Phi) is 3.53. The first-order valence-electron chi connectivity index (χ1n) is 5.35. The molecule has 0 saturated heterocycles. The van der Waals surface area contributed by atoms with Crippen LogP contribution in [-0.4, -0.2) is 15.7 Å². The maximum atomic E-state index is 13.1. The third-order valence-electron chi connectivity index (χ3n) is 2.50. The van der Waals surface area contributed by atoms with Crippen LogP contribution in [-0.2, 0) is 7.05 Å². The van der Waals surface area contributed by atoms with E-state index >= 15 is 0 Å². The SMILES string of the molecule is Cc1cc(NC(=O)c2cc(F)c(F)cc2Cl)n(C)n1. The lowest BCUT2D eigenvalue weighted by Gasteiger charge is -2.07. The van der Waals surface area contributed by atoms with E-state index in [-0.39, 0.29) is 10.6 Å². The fourth-order valence-electron chi connectivity index (χ4n) is 1.61. The highest BCUT2D eigenvalue weighted by Gasteiger charge is 2.16. The van der Waals surface area contributed by atoms with E-state index in [0.29, 0.717) is 11.5 Å². The predicted octanol–water partition coefficient (Wildman–Crippen LogP) is 2.91. The molecule has 0 aliphatic heterocycles. The highest BCUT2D eigenvalue weighted by Crippen LogP contribution is 2.21. The van der Waals surface area contributed by atoms with Gasteiger partial charge in [-0.05, 0) is 19.1 Å². The van der Waals surface area contributed by atoms with Crippen molar-refractivity contribution in [2.75, 3.05) is 5.32 Å². The Morgan fingerprint density at radius 1 is 1.32 bits per heavy atom. The van der Waals surface area contributed by atoms with Gasteiger partial charge in [-0.1, -0.05) is 11.6 Å². The van der Waals surface area contributed by atoms with E-state index in [4.69, 9.17) is 11.6 Å². The van der Waals surface area contributed by atoms with E-state index in [2.05, 4.69) is 10.4 Å². The fourth-order valence-corrected chi connectivity index (χ4v) is 1.84. The minimum Gasteiger partial charge on any atom is -0.307 e. The number of carbonyl (C=O) groups is 1. The minimum atomic E-state index is -1.13. The van der Waals surface area contributed by atoms with Crippen molar-refractivity contribution in [2.24, 2.45) is 7.05 Å². The molecular formula is C12H10ClF2N3O. The second kappa shape index (κ2) is 4.97. The molecule has 0 atom stereocenters. The summed E-state index contributed by atoms with van der Waals surface area (Å²) in [4.78, 5) is 11.9. The lowest BCUT2D eigenvalue weighted by atomic mass is 10.2. The van der Waals surface area contributed by atoms with Crippen LogP contribution in [0.1, 0.15) is 16.1 Å². The van der Waals surface area contributed by atoms with Gasteiger partial charge in [-0.3, -0.25) is 9.48 Å². The monoisotopic (exact) mass is 285 g/mol. The molecule has 0 spiro atoms. The van der Waals surface area contributed by atoms with Crippen LogP contribution in [0.25, 0.3) is 0 Å². The van der Waals surface area contributed by atoms with Crippen LogP contribution in [0, 0.1) is 18.6 Å². The Balaban J connectivity index is 2.30. The van der Waals surface area contributed by atoms with Crippen molar-refractivity contribution in [2.45, 2.75) is 6.92 Å². The molecule has 0 aliphatic carbocycles. The van der Waals surface area contributed by atoms with Gasteiger partial charge in [0.25, 0.3) is 5.91 Å². The quantitative estimate of drug-likeness (QED) is 0.863. The first-order chi connectivity index (χ1) is 8.88. The van der Waals surface area contributed by atoms with Crippen molar-refractivity contribution < 1.29 is 13.6 Å². The number of aryl methyl sites for hydroxylation is 2. The average molecular weight is 286 g/mol. The molecule has 0 unspecified atom stereocenters. The number of aromatic nitrogens is 2. The number of rotatable bonds is 2. The molecule has 0 aliphatic rings. The number of benzene rings is 1. The third kappa shape index (κ3) is 2.73. The molecule has 2 aromatic rings. The maximum Gasteiger partial charge on any atom is 0.258 e. The largest absolute Gasteiger partial charge is 0.307 e. The molecule has 1 amide bonds. The second-order valence-corrected chi connectivity index (χ2v) is 4.40. The summed E-state index contributed by atoms with van der Waals surface area (Å²) < 4.78 is 27.5. The van der Waals surface area contributed by atoms with E-state index in [1.807, 2.05) is 0 Å². The smallest absolute Gasteiger partial charge is 0.258 e. The molecule has 4 nitrogen and oxygen atoms in total. The molecule has 100 valence electrons. The molecule has 0 fully saturated rings. The van der Waals surface area contributed by atoms with Crippen LogP contribution in [0.3, 0.4) is 0 Å². The lowest BCUT2D eigenvalue weighted by molar-refractivity contribution is 0.102. The summed E-state index contributed by atoms with van der Waals surface area (Å²) in [6.07, 6.45) is 0. The summed E-state index contributed by atoms with van der Waals surface area (Å²) in [6.45, 7) is 1.76. The Hall–Kier alpha value is -1.95. The van der Waals surface area contributed by atoms with Gasteiger partial charge in [0.05, 0.1) is 16.3 Å². The van der Waals surface area contributed by atoms with Gasteiger partial charge in [0.2, 0.25) is 0 Å². The van der Waals surface area contributed by atoms with E-state index in [9.17, 15) is 13.6 Å². The molecule has 2 rings (SSSR count). The van der Waals surface area contributed by atoms with Gasteiger partial charge in [-0.2, -0.15) is 5.10 Å². The second-order valence-electron chi connectivity index (χ2n) is 3.99. The number of hydrogen-bond donors (Lipinski definition) is 1. The fraction of sp³-hybridized carbons (Fsp3) is 0.167. The summed E-state index contributed by atoms with van der Waals surface area (Å²) in [5.41, 5.74) is 0.577. The third-order valence-corrected chi connectivity index (χ3v) is 2.81. The van der Waals surface area contributed by atoms with Crippen molar-refractivity contribution >= 4 is 23.3 Å². The van der Waals surface area contributed by atoms with Gasteiger partial charge in [0, 0.05) is 13.1 Å². The lowest BCUT2D eigenvalue weighted by Crippen LogP contribution is -2.15. The number of amides is 1. The van der Waals surface area contributed by atoms with Crippen molar-refractivity contribution in [3.8, 4) is 0 Å². The summed E-state index contributed by atoms with van der Waals surface area (Å²) in [5.74, 6) is -2.43. The Morgan fingerprint density at radius 3 is 2.53 bits per heavy atom. The molecule has 1 N–H and O–H groups in total. The Labute approximate surface area is 113 Å². The first-order valence-corrected chi connectivity index (χ1v) is 5.73. The zero-order chi connectivity index (χ0) is 14.2. The molecule has 7 heteroatoms. The van der Waals surface area contributed by atoms with E-state index in [0.717, 1.165) is 12.1 Å². The predicted molar refractivity (Wildman–Crippen MR) is 67.3 cm³/mol. The van der Waals surface area contributed by atoms with Crippen molar-refractivity contribution in [3.05, 3.63) is 46.1 Å². The molecule has 1 heterocycles. The topological polar surface area (TPSA) is 46.9 Å². The molecule has 1 aromatic carbocycles. The highest BCUT2D eigenvalue weighted by molar-refractivity contribution is 6.34. The highest BCUT2D eigenvalue weighted by atomic mass is 35.5. The average Bonchev–Trinajstić information content (AvgIpc) is 2.62. The molecule has 0 bridgehead atoms. The van der Waals surface area contributed by atoms with Crippen LogP contribution >= 0.6 is 11.6 Å². The van der Waals surface area contributed by atoms with Crippen molar-refractivity contribution in [1.82, 2.24) is 9.78 Å². The summed E-state index contributed by atoms with van der Waals surface area (Å²) in [7, 11) is 1.65. The standard InChI is InChI=1S/C12H10ClF2N3O/c1-6-3-11(18(2)17-6)16-12(19)7-4-9(14)10(15)5-8(7)13/h3-5H,1-2H3,(H,16,19). The maximum absolute atomic E-state index is 13.1. The molecule has 0 radical (unpaired) electrons. The normalized spacial score (nSPS) is 10.6. The zero-order valence-electron chi connectivity index (χ0n) is 10.2. The number of anilines is 1. The molecule has 0 saturated carbocycles. The number of halogens is 3. The molecule has 19 heavy (non-hydrogen) atoms. The minimum absolute atomic E-state index is 0.139. The van der Waals surface area contributed by atoms with Gasteiger partial charge >= 0.3 is 0 Å². The molecule has 1 aromatic heterocycles. The molecular weight excluding hydrogens is 276 g/mol. The first kappa shape index (κ1) is 13.5. The van der Waals surface area contributed by atoms with Gasteiger partial charge in [0.1, 0.15) is 5.82 Å². The van der Waals surface area contributed by atoms with Crippen molar-refractivity contribution in [1.29, 1.82) is 0 Å². The number of nitrogens with zero attached hydrogens (tertiary/aromatic N) is 2. The number of carbonyl (C=O) groups excluding carboxylic acids is 1. The van der Waals surface area contributed by atoms with Gasteiger partial charge in [-0.15, -0.1) is 0 Å². The number of nitrogens with one attached hydrogen (secondary N) is 1. The summed E-state index contributed by atoms with van der Waals surface area (Å²) in [5, 5.41) is 6.41. The van der Waals surface area contributed by atoms with Crippen molar-refractivity contribution in [3.63, 3.8) is 0 Å².